The quantitative estimate of drug-likeness (QED) is 0.407. The third-order valence-electron chi connectivity index (χ3n) is 1.46. The Bertz CT molecular complexity index is 263. The molecule has 58 valence electrons. The van der Waals surface area contributed by atoms with Crippen molar-refractivity contribution in [3.63, 3.8) is 0 Å². The lowest BCUT2D eigenvalue weighted by Gasteiger charge is -2.03. The maximum Gasteiger partial charge on any atom is 0.489 e. The summed E-state index contributed by atoms with van der Waals surface area (Å²) in [5.74, 6) is 0. The lowest BCUT2D eigenvalue weighted by atomic mass is 9.79. The first-order valence-electron chi connectivity index (χ1n) is 3.27. The molecule has 0 radical (unpaired) electrons. The Morgan fingerprint density at radius 2 is 2.00 bits per heavy atom. The Balaban J connectivity index is 3.13. The molecular formula is C7H9BO2S. The van der Waals surface area contributed by atoms with E-state index in [0.717, 1.165) is 5.56 Å². The predicted octanol–water partition coefficient (Wildman–Crippen LogP) is -0.0365. The van der Waals surface area contributed by atoms with Gasteiger partial charge in [0, 0.05) is 4.90 Å². The van der Waals surface area contributed by atoms with Crippen LogP contribution in [0.25, 0.3) is 0 Å². The van der Waals surface area contributed by atoms with Crippen LogP contribution in [0.1, 0.15) is 5.56 Å². The lowest BCUT2D eigenvalue weighted by molar-refractivity contribution is 0.425. The highest BCUT2D eigenvalue weighted by molar-refractivity contribution is 7.80. The topological polar surface area (TPSA) is 40.5 Å². The number of rotatable bonds is 1. The van der Waals surface area contributed by atoms with Crippen LogP contribution in [0.3, 0.4) is 0 Å². The molecule has 1 aromatic carbocycles. The van der Waals surface area contributed by atoms with E-state index < -0.39 is 7.12 Å². The van der Waals surface area contributed by atoms with Crippen LogP contribution in [0.2, 0.25) is 0 Å². The van der Waals surface area contributed by atoms with Gasteiger partial charge in [0.05, 0.1) is 0 Å². The molecule has 0 aliphatic carbocycles. The van der Waals surface area contributed by atoms with Gasteiger partial charge in [-0.1, -0.05) is 17.7 Å². The Labute approximate surface area is 71.4 Å². The molecule has 0 atom stereocenters. The van der Waals surface area contributed by atoms with Gasteiger partial charge in [-0.3, -0.25) is 0 Å². The first-order valence-corrected chi connectivity index (χ1v) is 3.71. The van der Waals surface area contributed by atoms with Crippen LogP contribution in [0, 0.1) is 6.92 Å². The van der Waals surface area contributed by atoms with Gasteiger partial charge < -0.3 is 10.0 Å². The third-order valence-corrected chi connectivity index (χ3v) is 1.87. The van der Waals surface area contributed by atoms with Crippen LogP contribution in [0.4, 0.5) is 0 Å². The highest BCUT2D eigenvalue weighted by Crippen LogP contribution is 2.04. The summed E-state index contributed by atoms with van der Waals surface area (Å²) in [6.45, 7) is 1.89. The van der Waals surface area contributed by atoms with E-state index in [2.05, 4.69) is 12.6 Å². The Morgan fingerprint density at radius 3 is 2.45 bits per heavy atom. The molecule has 0 saturated heterocycles. The molecular weight excluding hydrogens is 159 g/mol. The van der Waals surface area contributed by atoms with Gasteiger partial charge >= 0.3 is 7.12 Å². The molecule has 0 spiro atoms. The molecule has 0 aliphatic heterocycles. The van der Waals surface area contributed by atoms with Crippen LogP contribution in [0.15, 0.2) is 23.1 Å². The molecule has 2 nitrogen and oxygen atoms in total. The minimum atomic E-state index is -1.43. The summed E-state index contributed by atoms with van der Waals surface area (Å²) >= 11 is 4.06. The summed E-state index contributed by atoms with van der Waals surface area (Å²) < 4.78 is 0. The number of hydrogen-bond acceptors (Lipinski definition) is 3. The minimum Gasteiger partial charge on any atom is -0.423 e. The van der Waals surface area contributed by atoms with Gasteiger partial charge in [-0.05, 0) is 18.5 Å². The summed E-state index contributed by atoms with van der Waals surface area (Å²) in [6.07, 6.45) is 0. The fourth-order valence-electron chi connectivity index (χ4n) is 0.881. The second-order valence-electron chi connectivity index (χ2n) is 2.44. The molecule has 0 bridgehead atoms. The maximum absolute atomic E-state index is 8.84. The molecule has 0 unspecified atom stereocenters. The Kier molecular flexibility index (Phi) is 2.60. The van der Waals surface area contributed by atoms with Crippen LogP contribution >= 0.6 is 12.6 Å². The van der Waals surface area contributed by atoms with Crippen molar-refractivity contribution in [1.82, 2.24) is 0 Å². The predicted molar refractivity (Wildman–Crippen MR) is 48.3 cm³/mol. The summed E-state index contributed by atoms with van der Waals surface area (Å²) in [7, 11) is -1.43. The largest absolute Gasteiger partial charge is 0.489 e. The molecule has 1 aromatic rings. The summed E-state index contributed by atoms with van der Waals surface area (Å²) in [5.41, 5.74) is 1.44. The van der Waals surface area contributed by atoms with Gasteiger partial charge in [0.1, 0.15) is 0 Å². The van der Waals surface area contributed by atoms with Crippen molar-refractivity contribution in [1.29, 1.82) is 0 Å². The van der Waals surface area contributed by atoms with Gasteiger partial charge in [-0.2, -0.15) is 0 Å². The molecule has 1 rings (SSSR count). The highest BCUT2D eigenvalue weighted by Gasteiger charge is 2.13. The van der Waals surface area contributed by atoms with E-state index in [4.69, 9.17) is 10.0 Å². The van der Waals surface area contributed by atoms with Crippen molar-refractivity contribution < 1.29 is 10.0 Å². The van der Waals surface area contributed by atoms with Gasteiger partial charge in [0.2, 0.25) is 0 Å². The number of benzene rings is 1. The summed E-state index contributed by atoms with van der Waals surface area (Å²) in [6, 6.07) is 5.31. The van der Waals surface area contributed by atoms with E-state index in [-0.39, 0.29) is 0 Å². The molecule has 0 fully saturated rings. The van der Waals surface area contributed by atoms with Crippen molar-refractivity contribution in [2.24, 2.45) is 0 Å². The lowest BCUT2D eigenvalue weighted by Crippen LogP contribution is -2.31. The third kappa shape index (κ3) is 1.99. The standard InChI is InChI=1S/C7H9BO2S/c1-5-2-3-7(11)6(4-5)8(9)10/h2-4,9-11H,1H3. The second kappa shape index (κ2) is 3.30. The average Bonchev–Trinajstić information content (AvgIpc) is 1.94. The van der Waals surface area contributed by atoms with Gasteiger partial charge in [0.25, 0.3) is 0 Å². The Hall–Kier alpha value is -0.445. The van der Waals surface area contributed by atoms with Gasteiger partial charge in [0.15, 0.2) is 0 Å². The fraction of sp³-hybridized carbons (Fsp3) is 0.143. The smallest absolute Gasteiger partial charge is 0.423 e. The van der Waals surface area contributed by atoms with Crippen molar-refractivity contribution in [2.75, 3.05) is 0 Å². The maximum atomic E-state index is 8.84. The van der Waals surface area contributed by atoms with E-state index in [9.17, 15) is 0 Å². The van der Waals surface area contributed by atoms with Crippen molar-refractivity contribution in [3.8, 4) is 0 Å². The SMILES string of the molecule is Cc1ccc(S)c(B(O)O)c1. The average molecular weight is 168 g/mol. The number of aryl methyl sites for hydroxylation is 1. The van der Waals surface area contributed by atoms with Crippen molar-refractivity contribution in [2.45, 2.75) is 11.8 Å². The number of thiol groups is 1. The van der Waals surface area contributed by atoms with E-state index in [1.54, 1.807) is 12.1 Å². The Morgan fingerprint density at radius 1 is 1.36 bits per heavy atom. The van der Waals surface area contributed by atoms with E-state index in [1.165, 1.54) is 0 Å². The van der Waals surface area contributed by atoms with E-state index in [0.29, 0.717) is 10.4 Å². The molecule has 0 heterocycles. The van der Waals surface area contributed by atoms with Crippen LogP contribution < -0.4 is 5.46 Å². The van der Waals surface area contributed by atoms with Crippen molar-refractivity contribution in [3.05, 3.63) is 23.8 Å². The van der Waals surface area contributed by atoms with Crippen LogP contribution in [-0.4, -0.2) is 17.2 Å². The normalized spacial score (nSPS) is 9.82. The molecule has 0 amide bonds. The van der Waals surface area contributed by atoms with Gasteiger partial charge in [-0.15, -0.1) is 12.6 Å². The second-order valence-corrected chi connectivity index (χ2v) is 2.92. The highest BCUT2D eigenvalue weighted by atomic mass is 32.1. The van der Waals surface area contributed by atoms with Crippen LogP contribution in [-0.2, 0) is 0 Å². The van der Waals surface area contributed by atoms with E-state index in [1.807, 2.05) is 13.0 Å². The first-order chi connectivity index (χ1) is 5.11. The monoisotopic (exact) mass is 168 g/mol. The fourth-order valence-corrected chi connectivity index (χ4v) is 1.14. The zero-order valence-corrected chi connectivity index (χ0v) is 7.05. The minimum absolute atomic E-state index is 0.452. The molecule has 4 heteroatoms. The summed E-state index contributed by atoms with van der Waals surface area (Å²) in [5, 5.41) is 17.7. The molecule has 11 heavy (non-hydrogen) atoms. The van der Waals surface area contributed by atoms with E-state index >= 15 is 0 Å². The zero-order valence-electron chi connectivity index (χ0n) is 6.15. The molecule has 0 aromatic heterocycles. The van der Waals surface area contributed by atoms with Gasteiger partial charge in [-0.25, -0.2) is 0 Å². The molecule has 0 aliphatic rings. The zero-order chi connectivity index (χ0) is 8.43. The van der Waals surface area contributed by atoms with Crippen molar-refractivity contribution >= 4 is 25.2 Å². The molecule has 2 N–H and O–H groups in total. The van der Waals surface area contributed by atoms with Crippen LogP contribution in [0.5, 0.6) is 0 Å². The molecule has 0 saturated carbocycles. The summed E-state index contributed by atoms with van der Waals surface area (Å²) in [4.78, 5) is 0.602. The number of hydrogen-bond donors (Lipinski definition) is 3. The first kappa shape index (κ1) is 8.65.